The van der Waals surface area contributed by atoms with Crippen LogP contribution in [0.1, 0.15) is 82.0 Å². The Hall–Kier alpha value is -5.91. The summed E-state index contributed by atoms with van der Waals surface area (Å²) in [6.45, 7) is 12.0. The van der Waals surface area contributed by atoms with Gasteiger partial charge in [-0.15, -0.1) is 21.5 Å². The number of fused-ring (bicyclic) bond motifs is 1. The number of carbonyl (C=O) groups excluding carboxylic acids is 2. The smallest absolute Gasteiger partial charge is 0.254 e. The number of likely N-dealkylation sites (tertiary alicyclic amines) is 2. The van der Waals surface area contributed by atoms with E-state index in [0.717, 1.165) is 53.1 Å². The Balaban J connectivity index is 0.865. The number of nitrogens with zero attached hydrogens (tertiary/aromatic N) is 8. The van der Waals surface area contributed by atoms with Crippen molar-refractivity contribution in [2.24, 2.45) is 5.92 Å². The standard InChI is InChI=1S/C44H52N10O6S/c1-24(2)39(44(58)53-22-31(55)18-35(53)43(57)47-26(4)28-10-12-29(13-11-28)41-27(5)46-23-61-41)37-20-38(51-60-37)59-25(3)21-52-16-14-30(15-17-52)54-34-19-33(32-8-6-7-9-36(32)56)48-49-40(34)42(45)50-54/h6-13,19-20,23-26,30-31,35,39,55-56H,14-18,21-22H2,1-5H3,(H2,45,50)(H,47,57)/t25?,26-,31+,35-,39?/m0/s1. The van der Waals surface area contributed by atoms with E-state index in [1.54, 1.807) is 35.6 Å². The summed E-state index contributed by atoms with van der Waals surface area (Å²) >= 11 is 1.59. The number of nitrogen functional groups attached to an aromatic ring is 1. The maximum Gasteiger partial charge on any atom is 0.254 e. The molecule has 2 aliphatic heterocycles. The van der Waals surface area contributed by atoms with Crippen LogP contribution in [0.4, 0.5) is 5.82 Å². The average Bonchev–Trinajstić information content (AvgIpc) is 4.05. The topological polar surface area (TPSA) is 211 Å². The summed E-state index contributed by atoms with van der Waals surface area (Å²) in [6.07, 6.45) is 0.719. The molecule has 0 bridgehead atoms. The fourth-order valence-corrected chi connectivity index (χ4v) is 9.41. The minimum absolute atomic E-state index is 0.0417. The zero-order valence-electron chi connectivity index (χ0n) is 34.9. The number of anilines is 1. The third kappa shape index (κ3) is 8.81. The van der Waals surface area contributed by atoms with Crippen molar-refractivity contribution in [3.05, 3.63) is 83.2 Å². The molecule has 6 heterocycles. The van der Waals surface area contributed by atoms with Crippen molar-refractivity contribution in [2.75, 3.05) is 31.9 Å². The lowest BCUT2D eigenvalue weighted by atomic mass is 9.91. The zero-order valence-corrected chi connectivity index (χ0v) is 35.7. The van der Waals surface area contributed by atoms with Crippen LogP contribution < -0.4 is 15.8 Å². The van der Waals surface area contributed by atoms with Crippen molar-refractivity contribution in [1.82, 2.24) is 45.2 Å². The molecule has 8 rings (SSSR count). The number of aryl methyl sites for hydroxylation is 1. The summed E-state index contributed by atoms with van der Waals surface area (Å²) in [4.78, 5) is 37.2. The number of β-amino-alcohol motifs (C(OH)–C–C–N with tert-alkyl or cyclic N) is 1. The summed E-state index contributed by atoms with van der Waals surface area (Å²) in [5.74, 6) is -0.511. The summed E-state index contributed by atoms with van der Waals surface area (Å²) in [6, 6.07) is 17.5. The third-order valence-electron chi connectivity index (χ3n) is 11.8. The Labute approximate surface area is 357 Å². The number of thiazole rings is 1. The van der Waals surface area contributed by atoms with Gasteiger partial charge in [-0.3, -0.25) is 19.2 Å². The average molecular weight is 849 g/mol. The van der Waals surface area contributed by atoms with E-state index in [1.165, 1.54) is 4.90 Å². The highest BCUT2D eigenvalue weighted by Crippen LogP contribution is 2.35. The molecule has 320 valence electrons. The lowest BCUT2D eigenvalue weighted by Gasteiger charge is -2.33. The van der Waals surface area contributed by atoms with E-state index in [9.17, 15) is 19.8 Å². The Morgan fingerprint density at radius 3 is 2.51 bits per heavy atom. The van der Waals surface area contributed by atoms with Gasteiger partial charge in [-0.05, 0) is 74.0 Å². The van der Waals surface area contributed by atoms with Crippen molar-refractivity contribution in [3.8, 4) is 33.3 Å². The number of rotatable bonds is 13. The largest absolute Gasteiger partial charge is 0.507 e. The van der Waals surface area contributed by atoms with Gasteiger partial charge in [-0.2, -0.15) is 5.10 Å². The Morgan fingerprint density at radius 2 is 1.80 bits per heavy atom. The monoisotopic (exact) mass is 848 g/mol. The number of benzene rings is 2. The van der Waals surface area contributed by atoms with Gasteiger partial charge >= 0.3 is 0 Å². The van der Waals surface area contributed by atoms with Crippen LogP contribution in [0.2, 0.25) is 0 Å². The normalized spacial score (nSPS) is 19.0. The molecular weight excluding hydrogens is 797 g/mol. The Morgan fingerprint density at radius 1 is 1.05 bits per heavy atom. The number of ether oxygens (including phenoxy) is 1. The number of piperidine rings is 1. The van der Waals surface area contributed by atoms with Crippen molar-refractivity contribution in [3.63, 3.8) is 0 Å². The summed E-state index contributed by atoms with van der Waals surface area (Å²) < 4.78 is 13.9. The molecule has 16 nitrogen and oxygen atoms in total. The first-order valence-corrected chi connectivity index (χ1v) is 21.7. The molecule has 0 saturated carbocycles. The molecule has 6 aromatic rings. The number of phenols is 1. The zero-order chi connectivity index (χ0) is 42.9. The number of hydrogen-bond donors (Lipinski definition) is 4. The van der Waals surface area contributed by atoms with Crippen LogP contribution in [-0.4, -0.2) is 106 Å². The first-order valence-electron chi connectivity index (χ1n) is 20.8. The number of nitrogens with two attached hydrogens (primary N) is 1. The predicted octanol–water partition coefficient (Wildman–Crippen LogP) is 5.88. The van der Waals surface area contributed by atoms with E-state index >= 15 is 0 Å². The molecular formula is C44H52N10O6S. The quantitative estimate of drug-likeness (QED) is 0.107. The molecule has 0 aliphatic carbocycles. The van der Waals surface area contributed by atoms with Gasteiger partial charge in [0.1, 0.15) is 23.8 Å². The molecule has 0 spiro atoms. The predicted molar refractivity (Wildman–Crippen MR) is 231 cm³/mol. The van der Waals surface area contributed by atoms with Crippen LogP contribution in [0.5, 0.6) is 11.6 Å². The minimum Gasteiger partial charge on any atom is -0.507 e. The first kappa shape index (κ1) is 41.8. The van der Waals surface area contributed by atoms with E-state index in [0.29, 0.717) is 34.9 Å². The van der Waals surface area contributed by atoms with Crippen molar-refractivity contribution in [2.45, 2.75) is 90.1 Å². The van der Waals surface area contributed by atoms with Crippen LogP contribution in [0.15, 0.2) is 70.7 Å². The number of aromatic hydroxyl groups is 1. The molecule has 17 heteroatoms. The summed E-state index contributed by atoms with van der Waals surface area (Å²) in [7, 11) is 0. The second-order valence-electron chi connectivity index (χ2n) is 16.6. The molecule has 2 saturated heterocycles. The summed E-state index contributed by atoms with van der Waals surface area (Å²) in [5, 5.41) is 41.6. The van der Waals surface area contributed by atoms with E-state index in [2.05, 4.69) is 35.7 Å². The molecule has 61 heavy (non-hydrogen) atoms. The van der Waals surface area contributed by atoms with Gasteiger partial charge in [-0.25, -0.2) is 4.98 Å². The molecule has 2 aliphatic rings. The number of carbonyl (C=O) groups is 2. The van der Waals surface area contributed by atoms with E-state index < -0.39 is 18.1 Å². The van der Waals surface area contributed by atoms with E-state index in [-0.39, 0.29) is 60.5 Å². The SMILES string of the molecule is Cc1ncsc1-c1ccc([C@H](C)NC(=O)[C@@H]2C[C@@H](O)CN2C(=O)C(c2cc(OC(C)CN3CCC(n4nc(N)c5nnc(-c6ccccc6O)cc54)CC3)no2)C(C)C)cc1. The number of aliphatic hydroxyl groups is 1. The highest BCUT2D eigenvalue weighted by Gasteiger charge is 2.43. The Bertz CT molecular complexity index is 2490. The number of amides is 2. The van der Waals surface area contributed by atoms with Crippen molar-refractivity contribution >= 4 is 40.0 Å². The van der Waals surface area contributed by atoms with Gasteiger partial charge in [0.25, 0.3) is 5.88 Å². The number of hydrogen-bond acceptors (Lipinski definition) is 14. The highest BCUT2D eigenvalue weighted by molar-refractivity contribution is 7.13. The maximum absolute atomic E-state index is 14.2. The van der Waals surface area contributed by atoms with E-state index in [4.69, 9.17) is 15.0 Å². The van der Waals surface area contributed by atoms with Crippen LogP contribution in [-0.2, 0) is 9.59 Å². The number of aromatic nitrogens is 6. The molecule has 5 N–H and O–H groups in total. The fraction of sp³-hybridized carbons (Fsp3) is 0.432. The van der Waals surface area contributed by atoms with Crippen LogP contribution in [0, 0.1) is 12.8 Å². The maximum atomic E-state index is 14.2. The molecule has 5 atom stereocenters. The van der Waals surface area contributed by atoms with Crippen molar-refractivity contribution in [1.29, 1.82) is 0 Å². The van der Waals surface area contributed by atoms with Gasteiger partial charge in [0.05, 0.1) is 45.5 Å². The molecule has 0 radical (unpaired) electrons. The summed E-state index contributed by atoms with van der Waals surface area (Å²) in [5.41, 5.74) is 13.5. The molecule has 2 unspecified atom stereocenters. The number of phenolic OH excluding ortho intramolecular Hbond substituents is 1. The number of nitrogens with one attached hydrogen (secondary N) is 1. The molecule has 2 aromatic carbocycles. The van der Waals surface area contributed by atoms with Gasteiger partial charge in [0.15, 0.2) is 17.1 Å². The lowest BCUT2D eigenvalue weighted by molar-refractivity contribution is -0.141. The molecule has 2 fully saturated rings. The Kier molecular flexibility index (Phi) is 12.1. The fourth-order valence-electron chi connectivity index (χ4n) is 8.60. The first-order chi connectivity index (χ1) is 29.3. The van der Waals surface area contributed by atoms with Crippen molar-refractivity contribution < 1.29 is 29.1 Å². The molecule has 4 aromatic heterocycles. The second kappa shape index (κ2) is 17.6. The lowest BCUT2D eigenvalue weighted by Crippen LogP contribution is -2.48. The number of aliphatic hydroxyl groups excluding tert-OH is 1. The molecule has 2 amide bonds. The van der Waals surface area contributed by atoms with Crippen LogP contribution in [0.25, 0.3) is 32.7 Å². The van der Waals surface area contributed by atoms with Crippen LogP contribution >= 0.6 is 11.3 Å². The second-order valence-corrected chi connectivity index (χ2v) is 17.4. The number of para-hydroxylation sites is 1. The van der Waals surface area contributed by atoms with E-state index in [1.807, 2.05) is 81.2 Å². The van der Waals surface area contributed by atoms with Crippen LogP contribution in [0.3, 0.4) is 0 Å². The highest BCUT2D eigenvalue weighted by atomic mass is 32.1. The van der Waals surface area contributed by atoms with Gasteiger partial charge in [-0.1, -0.05) is 50.2 Å². The van der Waals surface area contributed by atoms with Gasteiger partial charge in [0, 0.05) is 44.2 Å². The van der Waals surface area contributed by atoms with Gasteiger partial charge in [0.2, 0.25) is 11.8 Å². The van der Waals surface area contributed by atoms with Gasteiger partial charge < -0.3 is 35.4 Å². The minimum atomic E-state index is -0.840. The third-order valence-corrected chi connectivity index (χ3v) is 12.8.